The summed E-state index contributed by atoms with van der Waals surface area (Å²) in [7, 11) is 0. The number of nitrogens with zero attached hydrogens (tertiary/aromatic N) is 1. The van der Waals surface area contributed by atoms with Gasteiger partial charge in [-0.1, -0.05) is 6.92 Å². The molecule has 3 N–H and O–H groups in total. The minimum atomic E-state index is -0.250. The van der Waals surface area contributed by atoms with Gasteiger partial charge >= 0.3 is 0 Å². The maximum Gasteiger partial charge on any atom is 0.290 e. The van der Waals surface area contributed by atoms with Crippen molar-refractivity contribution in [3.05, 3.63) is 23.8 Å². The Morgan fingerprint density at radius 1 is 1.52 bits per heavy atom. The lowest BCUT2D eigenvalue weighted by atomic mass is 10.1. The number of anilines is 1. The van der Waals surface area contributed by atoms with Gasteiger partial charge in [-0.15, -0.1) is 11.8 Å². The lowest BCUT2D eigenvalue weighted by molar-refractivity contribution is -0.123. The highest BCUT2D eigenvalue weighted by atomic mass is 32.2. The quantitative estimate of drug-likeness (QED) is 0.702. The van der Waals surface area contributed by atoms with Gasteiger partial charge in [-0.2, -0.15) is 0 Å². The van der Waals surface area contributed by atoms with Crippen molar-refractivity contribution in [1.82, 2.24) is 10.2 Å². The van der Waals surface area contributed by atoms with E-state index in [2.05, 4.69) is 22.5 Å². The van der Waals surface area contributed by atoms with Crippen molar-refractivity contribution < 1.29 is 19.5 Å². The smallest absolute Gasteiger partial charge is 0.290 e. The number of carbonyl (C=O) groups is 3. The van der Waals surface area contributed by atoms with E-state index in [1.54, 1.807) is 6.07 Å². The summed E-state index contributed by atoms with van der Waals surface area (Å²) in [6.45, 7) is 4.75. The first-order valence-corrected chi connectivity index (χ1v) is 9.24. The number of nitrogens with one attached hydrogen (secondary N) is 2. The number of rotatable bonds is 4. The Labute approximate surface area is 151 Å². The molecular formula is C17H23N3O4S. The fraction of sp³-hybridized carbons (Fsp3) is 0.471. The van der Waals surface area contributed by atoms with Crippen LogP contribution in [-0.2, 0) is 9.59 Å². The molecule has 2 aliphatic heterocycles. The van der Waals surface area contributed by atoms with Crippen LogP contribution >= 0.6 is 11.8 Å². The second kappa shape index (κ2) is 9.43. The lowest BCUT2D eigenvalue weighted by Crippen LogP contribution is -2.40. The average molecular weight is 365 g/mol. The molecule has 1 saturated heterocycles. The van der Waals surface area contributed by atoms with Crippen LogP contribution < -0.4 is 10.6 Å². The first kappa shape index (κ1) is 19.3. The second-order valence-corrected chi connectivity index (χ2v) is 6.81. The van der Waals surface area contributed by atoms with E-state index < -0.39 is 0 Å². The Bertz CT molecular complexity index is 638. The predicted molar refractivity (Wildman–Crippen MR) is 97.1 cm³/mol. The highest BCUT2D eigenvalue weighted by Gasteiger charge is 2.23. The third kappa shape index (κ3) is 5.20. The van der Waals surface area contributed by atoms with Crippen molar-refractivity contribution >= 4 is 35.7 Å². The zero-order valence-corrected chi connectivity index (χ0v) is 15.0. The number of likely N-dealkylation sites (tertiary alicyclic amines) is 1. The highest BCUT2D eigenvalue weighted by Crippen LogP contribution is 2.31. The first-order chi connectivity index (χ1) is 12.1. The summed E-state index contributed by atoms with van der Waals surface area (Å²) >= 11 is 1.50. The Kier molecular flexibility index (Phi) is 7.27. The fourth-order valence-electron chi connectivity index (χ4n) is 3.08. The van der Waals surface area contributed by atoms with Gasteiger partial charge in [0.25, 0.3) is 12.4 Å². The van der Waals surface area contributed by atoms with Crippen molar-refractivity contribution in [2.75, 3.05) is 30.7 Å². The van der Waals surface area contributed by atoms with E-state index in [0.717, 1.165) is 30.1 Å². The van der Waals surface area contributed by atoms with E-state index in [1.165, 1.54) is 18.2 Å². The summed E-state index contributed by atoms with van der Waals surface area (Å²) in [5.74, 6) is 0.350. The van der Waals surface area contributed by atoms with Crippen molar-refractivity contribution in [2.45, 2.75) is 30.7 Å². The van der Waals surface area contributed by atoms with E-state index in [9.17, 15) is 9.59 Å². The predicted octanol–water partition coefficient (Wildman–Crippen LogP) is 1.65. The molecule has 8 heteroatoms. The second-order valence-electron chi connectivity index (χ2n) is 5.79. The van der Waals surface area contributed by atoms with Crippen LogP contribution in [0.1, 0.15) is 30.1 Å². The number of amides is 2. The Hall–Kier alpha value is -2.06. The van der Waals surface area contributed by atoms with Gasteiger partial charge in [0.1, 0.15) is 0 Å². The highest BCUT2D eigenvalue weighted by molar-refractivity contribution is 8.00. The van der Waals surface area contributed by atoms with Crippen molar-refractivity contribution in [3.8, 4) is 0 Å². The van der Waals surface area contributed by atoms with Gasteiger partial charge in [-0.3, -0.25) is 19.3 Å². The third-order valence-corrected chi connectivity index (χ3v) is 5.35. The van der Waals surface area contributed by atoms with Crippen LogP contribution in [0.4, 0.5) is 5.69 Å². The molecule has 0 aliphatic carbocycles. The summed E-state index contributed by atoms with van der Waals surface area (Å²) in [5.41, 5.74) is 1.34. The molecule has 0 bridgehead atoms. The van der Waals surface area contributed by atoms with E-state index in [0.29, 0.717) is 23.9 Å². The molecule has 136 valence electrons. The molecule has 2 aliphatic rings. The molecule has 2 heterocycles. The largest absolute Gasteiger partial charge is 0.483 e. The van der Waals surface area contributed by atoms with Crippen molar-refractivity contribution in [1.29, 1.82) is 0 Å². The van der Waals surface area contributed by atoms with Gasteiger partial charge in [0.05, 0.1) is 11.4 Å². The summed E-state index contributed by atoms with van der Waals surface area (Å²) in [5, 5.41) is 12.7. The Balaban J connectivity index is 0.000000701. The summed E-state index contributed by atoms with van der Waals surface area (Å²) in [6, 6.07) is 5.94. The van der Waals surface area contributed by atoms with Crippen LogP contribution in [0.25, 0.3) is 0 Å². The molecule has 0 aromatic heterocycles. The van der Waals surface area contributed by atoms with Gasteiger partial charge in [0.2, 0.25) is 5.91 Å². The van der Waals surface area contributed by atoms with Crippen LogP contribution in [0.5, 0.6) is 0 Å². The topological polar surface area (TPSA) is 98.7 Å². The zero-order valence-electron chi connectivity index (χ0n) is 14.2. The SMILES string of the molecule is CCN1CCCC1CNC(=O)c1ccc2c(c1)NC(=O)CS2.O=CO. The van der Waals surface area contributed by atoms with Crippen LogP contribution in [0, 0.1) is 0 Å². The summed E-state index contributed by atoms with van der Waals surface area (Å²) in [4.78, 5) is 35.5. The van der Waals surface area contributed by atoms with E-state index in [-0.39, 0.29) is 18.3 Å². The van der Waals surface area contributed by atoms with Gasteiger partial charge in [-0.05, 0) is 44.1 Å². The minimum Gasteiger partial charge on any atom is -0.483 e. The maximum absolute atomic E-state index is 12.3. The lowest BCUT2D eigenvalue weighted by Gasteiger charge is -2.23. The molecule has 0 radical (unpaired) electrons. The van der Waals surface area contributed by atoms with E-state index in [1.807, 2.05) is 12.1 Å². The van der Waals surface area contributed by atoms with Gasteiger partial charge in [-0.25, -0.2) is 0 Å². The zero-order chi connectivity index (χ0) is 18.2. The van der Waals surface area contributed by atoms with Crippen LogP contribution in [-0.4, -0.2) is 59.7 Å². The normalized spacial score (nSPS) is 19.2. The average Bonchev–Trinajstić information content (AvgIpc) is 3.07. The Morgan fingerprint density at radius 3 is 3.00 bits per heavy atom. The number of thioether (sulfide) groups is 1. The number of benzene rings is 1. The molecule has 1 fully saturated rings. The first-order valence-electron chi connectivity index (χ1n) is 8.25. The van der Waals surface area contributed by atoms with Crippen LogP contribution in [0.2, 0.25) is 0 Å². The number of fused-ring (bicyclic) bond motifs is 1. The number of hydrogen-bond acceptors (Lipinski definition) is 5. The molecule has 0 saturated carbocycles. The number of carboxylic acid groups (broad SMARTS) is 1. The fourth-order valence-corrected chi connectivity index (χ4v) is 3.87. The number of hydrogen-bond donors (Lipinski definition) is 3. The molecule has 1 aromatic rings. The number of carbonyl (C=O) groups excluding carboxylic acids is 2. The summed E-state index contributed by atoms with van der Waals surface area (Å²) < 4.78 is 0. The molecule has 25 heavy (non-hydrogen) atoms. The number of likely N-dealkylation sites (N-methyl/N-ethyl adjacent to an activating group) is 1. The molecule has 3 rings (SSSR count). The molecule has 2 amide bonds. The monoisotopic (exact) mass is 365 g/mol. The van der Waals surface area contributed by atoms with E-state index in [4.69, 9.17) is 9.90 Å². The molecular weight excluding hydrogens is 342 g/mol. The molecule has 7 nitrogen and oxygen atoms in total. The third-order valence-electron chi connectivity index (χ3n) is 4.28. The summed E-state index contributed by atoms with van der Waals surface area (Å²) in [6.07, 6.45) is 2.35. The van der Waals surface area contributed by atoms with Crippen molar-refractivity contribution in [2.24, 2.45) is 0 Å². The standard InChI is InChI=1S/C16H21N3O2S.CH2O2/c1-2-19-7-3-4-12(19)9-17-16(21)11-5-6-14-13(8-11)18-15(20)10-22-14;2-1-3/h5-6,8,12H,2-4,7,9-10H2,1H3,(H,17,21)(H,18,20);1H,(H,2,3). The Morgan fingerprint density at radius 2 is 2.28 bits per heavy atom. The van der Waals surface area contributed by atoms with Crippen molar-refractivity contribution in [3.63, 3.8) is 0 Å². The van der Waals surface area contributed by atoms with Gasteiger partial charge in [0.15, 0.2) is 0 Å². The van der Waals surface area contributed by atoms with Crippen LogP contribution in [0.15, 0.2) is 23.1 Å². The van der Waals surface area contributed by atoms with E-state index >= 15 is 0 Å². The molecule has 1 atom stereocenters. The molecule has 1 aromatic carbocycles. The van der Waals surface area contributed by atoms with Gasteiger partial charge in [0, 0.05) is 23.0 Å². The minimum absolute atomic E-state index is 0.0143. The van der Waals surface area contributed by atoms with Gasteiger partial charge < -0.3 is 15.7 Å². The maximum atomic E-state index is 12.3. The molecule has 0 spiro atoms. The molecule has 1 unspecified atom stereocenters. The van der Waals surface area contributed by atoms with Crippen LogP contribution in [0.3, 0.4) is 0 Å².